The van der Waals surface area contributed by atoms with Crippen LogP contribution in [0.15, 0.2) is 103 Å². The first-order valence-electron chi connectivity index (χ1n) is 20.0. The Morgan fingerprint density at radius 1 is 0.794 bits per heavy atom. The van der Waals surface area contributed by atoms with Crippen LogP contribution in [0.2, 0.25) is 0 Å². The molecule has 1 heterocycles. The van der Waals surface area contributed by atoms with Gasteiger partial charge in [0.25, 0.3) is 0 Å². The first-order chi connectivity index (χ1) is 29.0. The number of carbonyl (C=O) groups excluding carboxylic acids is 4. The predicted molar refractivity (Wildman–Crippen MR) is 230 cm³/mol. The van der Waals surface area contributed by atoms with Crippen LogP contribution in [0.3, 0.4) is 0 Å². The molecule has 19 heteroatoms. The summed E-state index contributed by atoms with van der Waals surface area (Å²) in [6.07, 6.45) is 1.37. The van der Waals surface area contributed by atoms with E-state index in [0.29, 0.717) is 17.5 Å². The molecule has 5 N–H and O–H groups in total. The van der Waals surface area contributed by atoms with Crippen molar-refractivity contribution in [2.24, 2.45) is 11.8 Å². The number of nitrogens with one attached hydrogen (secondary N) is 5. The number of aliphatic carboxylic acids is 1. The number of unbranched alkanes of at least 4 members (excludes halogenated alkanes) is 1. The summed E-state index contributed by atoms with van der Waals surface area (Å²) in [4.78, 5) is 69.9. The van der Waals surface area contributed by atoms with Crippen molar-refractivity contribution in [1.29, 1.82) is 0 Å². The summed E-state index contributed by atoms with van der Waals surface area (Å²) in [7, 11) is -8.78. The van der Waals surface area contributed by atoms with E-state index >= 15 is 0 Å². The molecule has 0 aliphatic carbocycles. The molecule has 0 aliphatic heterocycles. The minimum absolute atomic E-state index is 0. The van der Waals surface area contributed by atoms with Crippen molar-refractivity contribution >= 4 is 62.9 Å². The molecule has 5 atom stereocenters. The van der Waals surface area contributed by atoms with E-state index < -0.39 is 77.1 Å². The van der Waals surface area contributed by atoms with Gasteiger partial charge in [-0.05, 0) is 65.1 Å². The smallest absolute Gasteiger partial charge is 0.798 e. The van der Waals surface area contributed by atoms with Crippen molar-refractivity contribution in [3.05, 3.63) is 120 Å². The molecule has 63 heavy (non-hydrogen) atoms. The number of H-pyrrole nitrogens is 1. The molecule has 0 saturated heterocycles. The number of alkyl carbamates (subject to hydrolysis) is 1. The van der Waals surface area contributed by atoms with E-state index in [4.69, 9.17) is 4.74 Å². The van der Waals surface area contributed by atoms with Crippen LogP contribution in [0.1, 0.15) is 49.8 Å². The summed E-state index contributed by atoms with van der Waals surface area (Å²) in [5.41, 5.74) is 2.76. The fourth-order valence-corrected chi connectivity index (χ4v) is 10.0. The minimum atomic E-state index is -4.82. The fraction of sp³-hybridized carbons (Fsp3) is 0.364. The number of sulfonamides is 1. The van der Waals surface area contributed by atoms with E-state index in [1.807, 2.05) is 78.9 Å². The summed E-state index contributed by atoms with van der Waals surface area (Å²) in [5.74, 6) is -6.67. The molecule has 1 aromatic heterocycles. The van der Waals surface area contributed by atoms with Gasteiger partial charge in [-0.2, -0.15) is 0 Å². The van der Waals surface area contributed by atoms with E-state index in [9.17, 15) is 42.2 Å². The van der Waals surface area contributed by atoms with Gasteiger partial charge in [-0.15, -0.1) is 0 Å². The number of benzene rings is 4. The van der Waals surface area contributed by atoms with Gasteiger partial charge in [0.2, 0.25) is 21.8 Å². The van der Waals surface area contributed by atoms with Crippen LogP contribution in [0, 0.1) is 11.8 Å². The quantitative estimate of drug-likeness (QED) is 0.0283. The molecule has 326 valence electrons. The Bertz CT molecular complexity index is 2470. The maximum absolute atomic E-state index is 14.5. The second-order valence-corrected chi connectivity index (χ2v) is 19.8. The van der Waals surface area contributed by atoms with Gasteiger partial charge in [0.1, 0.15) is 12.6 Å². The number of carboxylic acid groups (broad SMARTS) is 1. The molecule has 0 saturated carbocycles. The first kappa shape index (κ1) is 53.8. The molecule has 3 unspecified atom stereocenters. The summed E-state index contributed by atoms with van der Waals surface area (Å²) in [6, 6.07) is 26.3. The number of hydrogen-bond donors (Lipinski definition) is 5. The van der Waals surface area contributed by atoms with Gasteiger partial charge in [0, 0.05) is 49.5 Å². The summed E-state index contributed by atoms with van der Waals surface area (Å²) < 4.78 is 46.9. The van der Waals surface area contributed by atoms with Crippen LogP contribution < -0.4 is 89.8 Å². The van der Waals surface area contributed by atoms with Crippen molar-refractivity contribution in [3.63, 3.8) is 0 Å². The Morgan fingerprint density at radius 2 is 1.46 bits per heavy atom. The summed E-state index contributed by atoms with van der Waals surface area (Å²) >= 11 is 0. The molecule has 4 aromatic carbocycles. The van der Waals surface area contributed by atoms with E-state index in [1.165, 1.54) is 0 Å². The first-order valence-corrected chi connectivity index (χ1v) is 23.8. The standard InChI is InChI=1S/C44H54N5O10PS.2Na/c1-29(2)36(41(50)47-39(43(52)53)25-34-26-46-37-18-10-9-17-35(34)37)28-60(55,56)40(24-31-20-21-32-15-7-8-16-33(32)23-31)48-42(51)38(49-61(3,57)58)19-11-12-22-45-44(54)59-27-30-13-5-4-6-14-30;;/h4-10,13-18,20-21,23,26,29,36,38-40,46,49H,11-12,19,22,24-25,27-28H2,1-3H3,(H,45,54)(H,47,50)(H,48,51)(H,52,53)(H,55,56);;/q;2*+1/p-2/t36?,38-,39-,40?;;/m0../s1. The van der Waals surface area contributed by atoms with Gasteiger partial charge in [-0.3, -0.25) is 9.59 Å². The topological polar surface area (TPSA) is 239 Å². The zero-order valence-electron chi connectivity index (χ0n) is 36.3. The van der Waals surface area contributed by atoms with Gasteiger partial charge in [0.05, 0.1) is 24.0 Å². The average molecular weight is 920 g/mol. The zero-order valence-corrected chi connectivity index (χ0v) is 42.0. The maximum Gasteiger partial charge on any atom is 1.00 e. The number of hydrogen-bond acceptors (Lipinski definition) is 10. The fourth-order valence-electron chi connectivity index (χ4n) is 7.07. The zero-order chi connectivity index (χ0) is 44.2. The second-order valence-electron chi connectivity index (χ2n) is 15.5. The molecule has 0 fully saturated rings. The molecule has 0 aliphatic rings. The van der Waals surface area contributed by atoms with E-state index in [2.05, 4.69) is 25.7 Å². The largest absolute Gasteiger partial charge is 1.00 e. The number of para-hydroxylation sites is 1. The predicted octanol–water partition coefficient (Wildman–Crippen LogP) is -2.28. The number of carboxylic acids is 1. The van der Waals surface area contributed by atoms with Crippen LogP contribution in [-0.4, -0.2) is 74.1 Å². The monoisotopic (exact) mass is 919 g/mol. The normalized spacial score (nSPS) is 14.2. The maximum atomic E-state index is 14.5. The SMILES string of the molecule is CC(C)C(CP(=O)([O-])C(Cc1ccc2ccccc2c1)NC(=O)[C@H](CCCCNC(=O)OCc1ccccc1)NS(C)(=O)=O)C(=O)N[C@@H](Cc1c[nH]c2ccccc12)C(=O)[O-].[Na+].[Na+]. The van der Waals surface area contributed by atoms with Gasteiger partial charge >= 0.3 is 65.2 Å². The van der Waals surface area contributed by atoms with Crippen molar-refractivity contribution in [3.8, 4) is 0 Å². The molecule has 0 spiro atoms. The van der Waals surface area contributed by atoms with E-state index in [-0.39, 0.29) is 97.9 Å². The Balaban J connectivity index is 0.00000528. The molecular formula is C44H52N5Na2O10PS. The van der Waals surface area contributed by atoms with Gasteiger partial charge in [0.15, 0.2) is 0 Å². The number of ether oxygens (including phenoxy) is 1. The number of aromatic nitrogens is 1. The van der Waals surface area contributed by atoms with Crippen molar-refractivity contribution < 1.29 is 106 Å². The second kappa shape index (κ2) is 25.2. The van der Waals surface area contributed by atoms with Gasteiger partial charge in [-0.25, -0.2) is 17.9 Å². The number of carbonyl (C=O) groups is 4. The number of aromatic amines is 1. The molecule has 5 aromatic rings. The van der Waals surface area contributed by atoms with Crippen molar-refractivity contribution in [2.45, 2.75) is 70.4 Å². The average Bonchev–Trinajstić information content (AvgIpc) is 3.63. The van der Waals surface area contributed by atoms with Crippen molar-refractivity contribution in [2.75, 3.05) is 19.0 Å². The van der Waals surface area contributed by atoms with Crippen LogP contribution >= 0.6 is 7.37 Å². The van der Waals surface area contributed by atoms with Gasteiger partial charge < -0.3 is 45.0 Å². The van der Waals surface area contributed by atoms with Crippen LogP contribution in [0.4, 0.5) is 4.79 Å². The molecule has 15 nitrogen and oxygen atoms in total. The Morgan fingerprint density at radius 3 is 2.14 bits per heavy atom. The number of rotatable bonds is 22. The van der Waals surface area contributed by atoms with Crippen LogP contribution in [-0.2, 0) is 53.2 Å². The Hall–Kier alpha value is -3.54. The third-order valence-electron chi connectivity index (χ3n) is 10.4. The third kappa shape index (κ3) is 16.8. The molecule has 3 amide bonds. The number of amides is 3. The van der Waals surface area contributed by atoms with Crippen LogP contribution in [0.25, 0.3) is 21.7 Å². The third-order valence-corrected chi connectivity index (χ3v) is 13.3. The summed E-state index contributed by atoms with van der Waals surface area (Å²) in [6.45, 7) is 3.52. The molecule has 5 rings (SSSR count). The van der Waals surface area contributed by atoms with Gasteiger partial charge in [-0.1, -0.05) is 105 Å². The Labute approximate surface area is 412 Å². The minimum Gasteiger partial charge on any atom is -0.798 e. The molecule has 0 bridgehead atoms. The molecule has 0 radical (unpaired) electrons. The number of fused-ring (bicyclic) bond motifs is 2. The Kier molecular flexibility index (Phi) is 21.5. The van der Waals surface area contributed by atoms with E-state index in [0.717, 1.165) is 33.5 Å². The van der Waals surface area contributed by atoms with Crippen LogP contribution in [0.5, 0.6) is 0 Å². The van der Waals surface area contributed by atoms with Crippen molar-refractivity contribution in [1.82, 2.24) is 25.7 Å². The molecular weight excluding hydrogens is 868 g/mol. The summed E-state index contributed by atoms with van der Waals surface area (Å²) in [5, 5.41) is 22.5. The van der Waals surface area contributed by atoms with E-state index in [1.54, 1.807) is 38.2 Å².